The van der Waals surface area contributed by atoms with Crippen molar-refractivity contribution in [3.05, 3.63) is 58.9 Å². The molecule has 0 fully saturated rings. The van der Waals surface area contributed by atoms with Crippen molar-refractivity contribution in [3.63, 3.8) is 0 Å². The SMILES string of the molecule is CN=C(NCCCn1c(C)nc2ccccc21)NCCC(=O)Nc1ccc(C)cc1Cl. The van der Waals surface area contributed by atoms with Crippen molar-refractivity contribution in [3.8, 4) is 0 Å². The third-order valence-corrected chi connectivity index (χ3v) is 5.28. The van der Waals surface area contributed by atoms with Crippen LogP contribution in [-0.4, -0.2) is 41.6 Å². The summed E-state index contributed by atoms with van der Waals surface area (Å²) in [6.07, 6.45) is 1.24. The molecule has 8 heteroatoms. The molecule has 7 nitrogen and oxygen atoms in total. The molecule has 0 saturated heterocycles. The number of nitrogens with one attached hydrogen (secondary N) is 3. The van der Waals surface area contributed by atoms with Gasteiger partial charge in [-0.1, -0.05) is 29.8 Å². The topological polar surface area (TPSA) is 83.3 Å². The number of para-hydroxylation sites is 2. The van der Waals surface area contributed by atoms with E-state index >= 15 is 0 Å². The average molecular weight is 441 g/mol. The first-order valence-corrected chi connectivity index (χ1v) is 10.8. The van der Waals surface area contributed by atoms with E-state index in [0.717, 1.165) is 41.9 Å². The number of halogens is 1. The summed E-state index contributed by atoms with van der Waals surface area (Å²) in [5.41, 5.74) is 3.86. The Bertz CT molecular complexity index is 1080. The van der Waals surface area contributed by atoms with Crippen LogP contribution >= 0.6 is 11.6 Å². The Morgan fingerprint density at radius 1 is 1.13 bits per heavy atom. The van der Waals surface area contributed by atoms with Crippen LogP contribution in [0.2, 0.25) is 5.02 Å². The third kappa shape index (κ3) is 6.21. The van der Waals surface area contributed by atoms with Gasteiger partial charge in [0, 0.05) is 33.1 Å². The number of anilines is 1. The first-order valence-electron chi connectivity index (χ1n) is 10.4. The number of carbonyl (C=O) groups is 1. The van der Waals surface area contributed by atoms with Gasteiger partial charge >= 0.3 is 0 Å². The van der Waals surface area contributed by atoms with Crippen molar-refractivity contribution in [2.75, 3.05) is 25.5 Å². The number of hydrogen-bond acceptors (Lipinski definition) is 3. The number of benzene rings is 2. The maximum atomic E-state index is 12.2. The standard InChI is InChI=1S/C23H29ClN6O/c1-16-9-10-19(18(24)15-16)29-22(31)11-13-27-23(25-3)26-12-6-14-30-17(2)28-20-7-4-5-8-21(20)30/h4-5,7-10,15H,6,11-14H2,1-3H3,(H,29,31)(H2,25,26,27). The Labute approximate surface area is 187 Å². The summed E-state index contributed by atoms with van der Waals surface area (Å²) in [7, 11) is 1.72. The maximum absolute atomic E-state index is 12.2. The Balaban J connectivity index is 1.38. The van der Waals surface area contributed by atoms with E-state index in [1.54, 1.807) is 7.05 Å². The minimum atomic E-state index is -0.101. The predicted molar refractivity (Wildman–Crippen MR) is 128 cm³/mol. The largest absolute Gasteiger partial charge is 0.356 e. The molecule has 1 heterocycles. The molecule has 0 spiro atoms. The Hall–Kier alpha value is -3.06. The average Bonchev–Trinajstić information content (AvgIpc) is 3.07. The molecule has 1 amide bonds. The van der Waals surface area contributed by atoms with Crippen molar-refractivity contribution in [1.82, 2.24) is 20.2 Å². The number of nitrogens with zero attached hydrogens (tertiary/aromatic N) is 3. The number of fused-ring (bicyclic) bond motifs is 1. The van der Waals surface area contributed by atoms with E-state index in [0.29, 0.717) is 29.6 Å². The van der Waals surface area contributed by atoms with Crippen LogP contribution in [0.15, 0.2) is 47.5 Å². The van der Waals surface area contributed by atoms with Crippen LogP contribution in [0.5, 0.6) is 0 Å². The highest BCUT2D eigenvalue weighted by atomic mass is 35.5. The molecule has 0 saturated carbocycles. The fraction of sp³-hybridized carbons (Fsp3) is 0.348. The second-order valence-electron chi connectivity index (χ2n) is 7.36. The Morgan fingerprint density at radius 3 is 2.68 bits per heavy atom. The van der Waals surface area contributed by atoms with Crippen LogP contribution in [-0.2, 0) is 11.3 Å². The monoisotopic (exact) mass is 440 g/mol. The molecule has 31 heavy (non-hydrogen) atoms. The molecule has 2 aromatic carbocycles. The number of aliphatic imine (C=N–C) groups is 1. The zero-order valence-corrected chi connectivity index (χ0v) is 19.0. The molecule has 164 valence electrons. The molecular formula is C23H29ClN6O. The summed E-state index contributed by atoms with van der Waals surface area (Å²) in [6.45, 7) is 6.09. The lowest BCUT2D eigenvalue weighted by molar-refractivity contribution is -0.116. The normalized spacial score (nSPS) is 11.5. The van der Waals surface area contributed by atoms with E-state index in [1.807, 2.05) is 50.2 Å². The molecule has 0 aliphatic heterocycles. The molecule has 3 aromatic rings. The van der Waals surface area contributed by atoms with Gasteiger partial charge in [-0.25, -0.2) is 4.98 Å². The van der Waals surface area contributed by atoms with E-state index in [4.69, 9.17) is 11.6 Å². The van der Waals surface area contributed by atoms with Gasteiger partial charge in [-0.2, -0.15) is 0 Å². The van der Waals surface area contributed by atoms with Crippen LogP contribution in [0, 0.1) is 13.8 Å². The molecule has 3 rings (SSSR count). The van der Waals surface area contributed by atoms with Gasteiger partial charge in [0.05, 0.1) is 21.7 Å². The summed E-state index contributed by atoms with van der Waals surface area (Å²) in [5, 5.41) is 9.84. The summed E-state index contributed by atoms with van der Waals surface area (Å²) in [5.74, 6) is 1.59. The lowest BCUT2D eigenvalue weighted by Gasteiger charge is -2.13. The zero-order chi connectivity index (χ0) is 22.2. The van der Waals surface area contributed by atoms with Crippen LogP contribution in [0.4, 0.5) is 5.69 Å². The number of guanidine groups is 1. The van der Waals surface area contributed by atoms with Crippen molar-refractivity contribution in [2.24, 2.45) is 4.99 Å². The van der Waals surface area contributed by atoms with Crippen LogP contribution in [0.1, 0.15) is 24.2 Å². The van der Waals surface area contributed by atoms with E-state index in [2.05, 4.69) is 36.6 Å². The molecule has 0 aliphatic carbocycles. The zero-order valence-electron chi connectivity index (χ0n) is 18.2. The molecule has 0 unspecified atom stereocenters. The van der Waals surface area contributed by atoms with Gasteiger partial charge in [0.2, 0.25) is 5.91 Å². The van der Waals surface area contributed by atoms with Gasteiger partial charge in [-0.05, 0) is 50.1 Å². The minimum Gasteiger partial charge on any atom is -0.356 e. The van der Waals surface area contributed by atoms with Crippen molar-refractivity contribution in [1.29, 1.82) is 0 Å². The molecule has 3 N–H and O–H groups in total. The highest BCUT2D eigenvalue weighted by molar-refractivity contribution is 6.33. The quantitative estimate of drug-likeness (QED) is 0.282. The van der Waals surface area contributed by atoms with Gasteiger partial charge in [0.25, 0.3) is 0 Å². The number of imidazole rings is 1. The summed E-state index contributed by atoms with van der Waals surface area (Å²) < 4.78 is 2.23. The van der Waals surface area contributed by atoms with Crippen molar-refractivity contribution >= 4 is 40.2 Å². The van der Waals surface area contributed by atoms with Crippen LogP contribution in [0.25, 0.3) is 11.0 Å². The maximum Gasteiger partial charge on any atom is 0.226 e. The Kier molecular flexibility index (Phi) is 7.89. The van der Waals surface area contributed by atoms with Gasteiger partial charge < -0.3 is 20.5 Å². The molecular weight excluding hydrogens is 412 g/mol. The van der Waals surface area contributed by atoms with Crippen molar-refractivity contribution < 1.29 is 4.79 Å². The number of hydrogen-bond donors (Lipinski definition) is 3. The first-order chi connectivity index (χ1) is 15.0. The van der Waals surface area contributed by atoms with Gasteiger partial charge in [0.1, 0.15) is 5.82 Å². The third-order valence-electron chi connectivity index (χ3n) is 4.96. The highest BCUT2D eigenvalue weighted by Crippen LogP contribution is 2.22. The second kappa shape index (κ2) is 10.8. The van der Waals surface area contributed by atoms with Gasteiger partial charge in [-0.15, -0.1) is 0 Å². The van der Waals surface area contributed by atoms with Gasteiger partial charge in [-0.3, -0.25) is 9.79 Å². The Morgan fingerprint density at radius 2 is 1.90 bits per heavy atom. The molecule has 0 atom stereocenters. The fourth-order valence-electron chi connectivity index (χ4n) is 3.37. The highest BCUT2D eigenvalue weighted by Gasteiger charge is 2.08. The first kappa shape index (κ1) is 22.6. The lowest BCUT2D eigenvalue weighted by Crippen LogP contribution is -2.39. The number of rotatable bonds is 8. The molecule has 0 radical (unpaired) electrons. The van der Waals surface area contributed by atoms with E-state index in [-0.39, 0.29) is 5.91 Å². The summed E-state index contributed by atoms with van der Waals surface area (Å²) in [6, 6.07) is 13.7. The number of aromatic nitrogens is 2. The summed E-state index contributed by atoms with van der Waals surface area (Å²) >= 11 is 6.17. The lowest BCUT2D eigenvalue weighted by atomic mass is 10.2. The van der Waals surface area contributed by atoms with Gasteiger partial charge in [0.15, 0.2) is 5.96 Å². The minimum absolute atomic E-state index is 0.101. The smallest absolute Gasteiger partial charge is 0.226 e. The van der Waals surface area contributed by atoms with E-state index < -0.39 is 0 Å². The molecule has 0 bridgehead atoms. The summed E-state index contributed by atoms with van der Waals surface area (Å²) in [4.78, 5) is 21.0. The van der Waals surface area contributed by atoms with Crippen LogP contribution < -0.4 is 16.0 Å². The van der Waals surface area contributed by atoms with E-state index in [1.165, 1.54) is 0 Å². The fourth-order valence-corrected chi connectivity index (χ4v) is 3.65. The second-order valence-corrected chi connectivity index (χ2v) is 7.77. The van der Waals surface area contributed by atoms with E-state index in [9.17, 15) is 4.79 Å². The number of amides is 1. The number of aryl methyl sites for hydroxylation is 3. The predicted octanol–water partition coefficient (Wildman–Crippen LogP) is 3.89. The number of carbonyl (C=O) groups excluding carboxylic acids is 1. The molecule has 1 aromatic heterocycles. The van der Waals surface area contributed by atoms with Crippen molar-refractivity contribution in [2.45, 2.75) is 33.2 Å². The molecule has 0 aliphatic rings. The van der Waals surface area contributed by atoms with Crippen LogP contribution in [0.3, 0.4) is 0 Å².